The predicted molar refractivity (Wildman–Crippen MR) is 67.3 cm³/mol. The molecular formula is C12H24N4. The lowest BCUT2D eigenvalue weighted by Gasteiger charge is -2.26. The predicted octanol–water partition coefficient (Wildman–Crippen LogP) is 1.45. The van der Waals surface area contributed by atoms with E-state index in [0.717, 1.165) is 6.67 Å². The lowest BCUT2D eigenvalue weighted by Crippen LogP contribution is -2.36. The van der Waals surface area contributed by atoms with Crippen LogP contribution < -0.4 is 5.43 Å². The first-order valence-corrected chi connectivity index (χ1v) is 6.67. The molecule has 0 aromatic rings. The summed E-state index contributed by atoms with van der Waals surface area (Å²) in [6, 6.07) is 0. The minimum Gasteiger partial charge on any atom is -0.361 e. The average molecular weight is 224 g/mol. The molecule has 0 aliphatic carbocycles. The van der Waals surface area contributed by atoms with Crippen molar-refractivity contribution in [2.75, 3.05) is 32.8 Å². The highest BCUT2D eigenvalue weighted by Crippen LogP contribution is 2.07. The van der Waals surface area contributed by atoms with Gasteiger partial charge in [0.05, 0.1) is 6.67 Å². The molecule has 0 unspecified atom stereocenters. The smallest absolute Gasteiger partial charge is 0.111 e. The average Bonchev–Trinajstić information content (AvgIpc) is 2.37. The van der Waals surface area contributed by atoms with E-state index in [4.69, 9.17) is 0 Å². The molecule has 2 fully saturated rings. The second-order valence-corrected chi connectivity index (χ2v) is 4.84. The fourth-order valence-electron chi connectivity index (χ4n) is 2.41. The van der Waals surface area contributed by atoms with Crippen LogP contribution >= 0.6 is 0 Å². The minimum absolute atomic E-state index is 0.907. The van der Waals surface area contributed by atoms with Crippen molar-refractivity contribution in [2.24, 2.45) is 5.10 Å². The maximum atomic E-state index is 4.30. The van der Waals surface area contributed by atoms with Crippen molar-refractivity contribution in [3.63, 3.8) is 0 Å². The van der Waals surface area contributed by atoms with Crippen molar-refractivity contribution in [3.8, 4) is 0 Å². The van der Waals surface area contributed by atoms with Gasteiger partial charge in [0, 0.05) is 13.1 Å². The number of likely N-dealkylation sites (tertiary alicyclic amines) is 2. The highest BCUT2D eigenvalue weighted by molar-refractivity contribution is 5.54. The van der Waals surface area contributed by atoms with Crippen molar-refractivity contribution >= 4 is 6.34 Å². The summed E-state index contributed by atoms with van der Waals surface area (Å²) in [6.45, 7) is 5.71. The van der Waals surface area contributed by atoms with Crippen molar-refractivity contribution in [1.29, 1.82) is 0 Å². The van der Waals surface area contributed by atoms with Gasteiger partial charge < -0.3 is 4.90 Å². The fourth-order valence-corrected chi connectivity index (χ4v) is 2.41. The molecule has 0 aromatic heterocycles. The Hall–Kier alpha value is -0.770. The van der Waals surface area contributed by atoms with E-state index in [1.54, 1.807) is 0 Å². The summed E-state index contributed by atoms with van der Waals surface area (Å²) in [6.07, 6.45) is 10.1. The van der Waals surface area contributed by atoms with E-state index in [-0.39, 0.29) is 0 Å². The molecular weight excluding hydrogens is 200 g/mol. The van der Waals surface area contributed by atoms with E-state index in [0.29, 0.717) is 0 Å². The molecule has 4 nitrogen and oxygen atoms in total. The van der Waals surface area contributed by atoms with E-state index in [9.17, 15) is 0 Å². The number of hydrogen-bond donors (Lipinski definition) is 1. The van der Waals surface area contributed by atoms with Crippen LogP contribution in [-0.2, 0) is 0 Å². The summed E-state index contributed by atoms with van der Waals surface area (Å²) in [5.41, 5.74) is 3.16. The summed E-state index contributed by atoms with van der Waals surface area (Å²) in [5, 5.41) is 4.30. The monoisotopic (exact) mass is 224 g/mol. The van der Waals surface area contributed by atoms with Crippen LogP contribution in [0.5, 0.6) is 0 Å². The molecule has 2 rings (SSSR count). The first-order chi connectivity index (χ1) is 7.95. The molecule has 1 N–H and O–H groups in total. The van der Waals surface area contributed by atoms with Crippen LogP contribution in [0.25, 0.3) is 0 Å². The van der Waals surface area contributed by atoms with Crippen molar-refractivity contribution in [1.82, 2.24) is 15.2 Å². The first kappa shape index (κ1) is 11.7. The van der Waals surface area contributed by atoms with Gasteiger partial charge >= 0.3 is 0 Å². The molecule has 2 aliphatic rings. The number of hydrazone groups is 1. The van der Waals surface area contributed by atoms with Crippen molar-refractivity contribution < 1.29 is 0 Å². The van der Waals surface area contributed by atoms with E-state index >= 15 is 0 Å². The van der Waals surface area contributed by atoms with Gasteiger partial charge in [0.25, 0.3) is 0 Å². The molecule has 92 valence electrons. The lowest BCUT2D eigenvalue weighted by atomic mass is 10.1. The maximum absolute atomic E-state index is 4.30. The highest BCUT2D eigenvalue weighted by Gasteiger charge is 2.08. The molecule has 16 heavy (non-hydrogen) atoms. The van der Waals surface area contributed by atoms with Crippen LogP contribution in [0.2, 0.25) is 0 Å². The number of rotatable bonds is 4. The van der Waals surface area contributed by atoms with Crippen LogP contribution in [0.15, 0.2) is 5.10 Å². The quantitative estimate of drug-likeness (QED) is 0.445. The Balaban J connectivity index is 1.57. The number of nitrogens with zero attached hydrogens (tertiary/aromatic N) is 3. The fraction of sp³-hybridized carbons (Fsp3) is 0.917. The van der Waals surface area contributed by atoms with Crippen molar-refractivity contribution in [3.05, 3.63) is 0 Å². The normalized spacial score (nSPS) is 23.9. The van der Waals surface area contributed by atoms with Gasteiger partial charge in [-0.05, 0) is 45.2 Å². The van der Waals surface area contributed by atoms with Crippen LogP contribution in [-0.4, -0.2) is 49.0 Å². The van der Waals surface area contributed by atoms with Crippen LogP contribution in [0, 0.1) is 0 Å². The van der Waals surface area contributed by atoms with E-state index in [1.807, 2.05) is 6.34 Å². The summed E-state index contributed by atoms with van der Waals surface area (Å²) in [5.74, 6) is 0. The van der Waals surface area contributed by atoms with Crippen LogP contribution in [0.3, 0.4) is 0 Å². The Morgan fingerprint density at radius 1 is 0.875 bits per heavy atom. The third-order valence-corrected chi connectivity index (χ3v) is 3.45. The Morgan fingerprint density at radius 2 is 1.50 bits per heavy atom. The van der Waals surface area contributed by atoms with Gasteiger partial charge in [0.2, 0.25) is 0 Å². The third-order valence-electron chi connectivity index (χ3n) is 3.45. The first-order valence-electron chi connectivity index (χ1n) is 6.67. The Morgan fingerprint density at radius 3 is 2.19 bits per heavy atom. The molecule has 0 atom stereocenters. The van der Waals surface area contributed by atoms with Crippen molar-refractivity contribution in [2.45, 2.75) is 38.5 Å². The molecule has 0 radical (unpaired) electrons. The van der Waals surface area contributed by atoms with E-state index in [2.05, 4.69) is 20.3 Å². The SMILES string of the molecule is C(=NNCN1CCCCC1)N1CCCCC1. The lowest BCUT2D eigenvalue weighted by molar-refractivity contribution is 0.213. The second-order valence-electron chi connectivity index (χ2n) is 4.84. The van der Waals surface area contributed by atoms with Gasteiger partial charge in [-0.2, -0.15) is 5.10 Å². The minimum atomic E-state index is 0.907. The zero-order chi connectivity index (χ0) is 11.1. The number of nitrogens with one attached hydrogen (secondary N) is 1. The van der Waals surface area contributed by atoms with Gasteiger partial charge in [-0.3, -0.25) is 10.3 Å². The Kier molecular flexibility index (Phi) is 4.93. The molecule has 0 bridgehead atoms. The summed E-state index contributed by atoms with van der Waals surface area (Å²) >= 11 is 0. The molecule has 4 heteroatoms. The standard InChI is InChI=1S/C12H24N4/c1-3-7-15(8-4-1)11-13-14-12-16-9-5-2-6-10-16/h11,14H,1-10,12H2. The van der Waals surface area contributed by atoms with Gasteiger partial charge in [-0.25, -0.2) is 0 Å². The molecule has 0 amide bonds. The van der Waals surface area contributed by atoms with Crippen LogP contribution in [0.4, 0.5) is 0 Å². The van der Waals surface area contributed by atoms with E-state index < -0.39 is 0 Å². The third kappa shape index (κ3) is 4.00. The molecule has 2 aliphatic heterocycles. The van der Waals surface area contributed by atoms with Gasteiger partial charge in [0.15, 0.2) is 0 Å². The highest BCUT2D eigenvalue weighted by atomic mass is 15.4. The zero-order valence-electron chi connectivity index (χ0n) is 10.2. The number of hydrogen-bond acceptors (Lipinski definition) is 3. The van der Waals surface area contributed by atoms with Crippen LogP contribution in [0.1, 0.15) is 38.5 Å². The Labute approximate surface area is 98.7 Å². The molecule has 2 heterocycles. The summed E-state index contributed by atoms with van der Waals surface area (Å²) in [4.78, 5) is 4.75. The number of piperidine rings is 2. The summed E-state index contributed by atoms with van der Waals surface area (Å²) in [7, 11) is 0. The molecule has 2 saturated heterocycles. The van der Waals surface area contributed by atoms with Gasteiger partial charge in [-0.15, -0.1) is 0 Å². The topological polar surface area (TPSA) is 30.9 Å². The molecule has 0 saturated carbocycles. The molecule has 0 aromatic carbocycles. The van der Waals surface area contributed by atoms with E-state index in [1.165, 1.54) is 64.7 Å². The Bertz CT molecular complexity index is 205. The second kappa shape index (κ2) is 6.74. The van der Waals surface area contributed by atoms with Gasteiger partial charge in [-0.1, -0.05) is 6.42 Å². The maximum Gasteiger partial charge on any atom is 0.111 e. The largest absolute Gasteiger partial charge is 0.361 e. The zero-order valence-corrected chi connectivity index (χ0v) is 10.2. The van der Waals surface area contributed by atoms with Gasteiger partial charge in [0.1, 0.15) is 6.34 Å². The summed E-state index contributed by atoms with van der Waals surface area (Å²) < 4.78 is 0. The molecule has 0 spiro atoms.